The number of benzene rings is 1. The molecule has 0 spiro atoms. The highest BCUT2D eigenvalue weighted by Crippen LogP contribution is 2.30. The molecule has 1 amide bonds. The average molecular weight is 275 g/mol. The van der Waals surface area contributed by atoms with Crippen LogP contribution in [0.5, 0.6) is 0 Å². The van der Waals surface area contributed by atoms with Gasteiger partial charge in [-0.25, -0.2) is 0 Å². The van der Waals surface area contributed by atoms with Gasteiger partial charge in [-0.2, -0.15) is 0 Å². The number of rotatable bonds is 4. The van der Waals surface area contributed by atoms with Gasteiger partial charge in [0.2, 0.25) is 5.91 Å². The molecule has 1 fully saturated rings. The maximum Gasteiger partial charge on any atom is 0.222 e. The molecule has 0 aliphatic carbocycles. The summed E-state index contributed by atoms with van der Waals surface area (Å²) in [4.78, 5) is 13.8. The van der Waals surface area contributed by atoms with E-state index in [1.807, 2.05) is 7.05 Å². The first-order valence-corrected chi connectivity index (χ1v) is 7.33. The molecule has 20 heavy (non-hydrogen) atoms. The molecule has 0 radical (unpaired) electrons. The van der Waals surface area contributed by atoms with Gasteiger partial charge in [0.15, 0.2) is 0 Å². The number of amides is 1. The average Bonchev–Trinajstić information content (AvgIpc) is 2.40. The third-order valence-electron chi connectivity index (χ3n) is 4.24. The minimum Gasteiger partial charge on any atom is -0.369 e. The van der Waals surface area contributed by atoms with Crippen molar-refractivity contribution in [1.29, 1.82) is 0 Å². The Morgan fingerprint density at radius 2 is 2.20 bits per heavy atom. The van der Waals surface area contributed by atoms with Crippen molar-refractivity contribution in [2.45, 2.75) is 39.3 Å². The summed E-state index contributed by atoms with van der Waals surface area (Å²) < 4.78 is 0. The van der Waals surface area contributed by atoms with E-state index in [0.717, 1.165) is 25.9 Å². The van der Waals surface area contributed by atoms with Gasteiger partial charge < -0.3 is 16.0 Å². The zero-order valence-electron chi connectivity index (χ0n) is 12.6. The Labute approximate surface area is 121 Å². The summed E-state index contributed by atoms with van der Waals surface area (Å²) in [6.07, 6.45) is 1.93. The molecule has 2 unspecified atom stereocenters. The van der Waals surface area contributed by atoms with E-state index < -0.39 is 0 Å². The summed E-state index contributed by atoms with van der Waals surface area (Å²) in [6, 6.07) is 6.99. The maximum atomic E-state index is 11.4. The molecule has 2 atom stereocenters. The molecule has 0 bridgehead atoms. The van der Waals surface area contributed by atoms with Crippen LogP contribution in [0.25, 0.3) is 0 Å². The molecule has 2 rings (SSSR count). The van der Waals surface area contributed by atoms with E-state index >= 15 is 0 Å². The number of hydrogen-bond acceptors (Lipinski definition) is 3. The second-order valence-electron chi connectivity index (χ2n) is 5.83. The van der Waals surface area contributed by atoms with Crippen LogP contribution < -0.4 is 16.0 Å². The first-order chi connectivity index (χ1) is 9.52. The number of piperidine rings is 1. The monoisotopic (exact) mass is 275 g/mol. The van der Waals surface area contributed by atoms with Gasteiger partial charge in [-0.05, 0) is 50.9 Å². The van der Waals surface area contributed by atoms with Gasteiger partial charge in [0, 0.05) is 24.8 Å². The highest BCUT2D eigenvalue weighted by molar-refractivity contribution is 5.77. The first-order valence-electron chi connectivity index (χ1n) is 7.33. The molecule has 1 heterocycles. The largest absolute Gasteiger partial charge is 0.369 e. The predicted octanol–water partition coefficient (Wildman–Crippen LogP) is 1.80. The van der Waals surface area contributed by atoms with E-state index in [0.29, 0.717) is 6.04 Å². The van der Waals surface area contributed by atoms with Crippen molar-refractivity contribution < 1.29 is 4.79 Å². The number of nitrogens with one attached hydrogen (secondary N) is 1. The van der Waals surface area contributed by atoms with Crippen molar-refractivity contribution in [3.63, 3.8) is 0 Å². The Kier molecular flexibility index (Phi) is 4.65. The van der Waals surface area contributed by atoms with Gasteiger partial charge in [0.05, 0.1) is 5.92 Å². The van der Waals surface area contributed by atoms with Crippen LogP contribution in [-0.4, -0.2) is 25.5 Å². The quantitative estimate of drug-likeness (QED) is 0.881. The molecule has 1 saturated heterocycles. The van der Waals surface area contributed by atoms with Gasteiger partial charge in [-0.3, -0.25) is 4.79 Å². The van der Waals surface area contributed by atoms with E-state index in [9.17, 15) is 4.79 Å². The van der Waals surface area contributed by atoms with Gasteiger partial charge in [0.25, 0.3) is 0 Å². The molecule has 3 N–H and O–H groups in total. The van der Waals surface area contributed by atoms with Crippen molar-refractivity contribution in [3.05, 3.63) is 29.3 Å². The highest BCUT2D eigenvalue weighted by Gasteiger charge is 2.29. The lowest BCUT2D eigenvalue weighted by Crippen LogP contribution is -2.46. The van der Waals surface area contributed by atoms with Crippen LogP contribution in [0.1, 0.15) is 30.9 Å². The van der Waals surface area contributed by atoms with Crippen LogP contribution in [0.2, 0.25) is 0 Å². The Morgan fingerprint density at radius 1 is 1.45 bits per heavy atom. The second kappa shape index (κ2) is 6.27. The minimum atomic E-state index is -0.175. The van der Waals surface area contributed by atoms with Gasteiger partial charge in [-0.15, -0.1) is 0 Å². The molecule has 4 heteroatoms. The number of carbonyl (C=O) groups is 1. The fraction of sp³-hybridized carbons (Fsp3) is 0.562. The van der Waals surface area contributed by atoms with Gasteiger partial charge >= 0.3 is 0 Å². The lowest BCUT2D eigenvalue weighted by molar-refractivity contribution is -0.122. The van der Waals surface area contributed by atoms with Crippen molar-refractivity contribution in [2.24, 2.45) is 11.7 Å². The molecule has 1 aliphatic heterocycles. The topological polar surface area (TPSA) is 58.4 Å². The van der Waals surface area contributed by atoms with Crippen molar-refractivity contribution in [3.8, 4) is 0 Å². The first kappa shape index (κ1) is 14.9. The smallest absolute Gasteiger partial charge is 0.222 e. The molecule has 1 aromatic rings. The summed E-state index contributed by atoms with van der Waals surface area (Å²) >= 11 is 0. The fourth-order valence-electron chi connectivity index (χ4n) is 3.03. The second-order valence-corrected chi connectivity index (χ2v) is 5.83. The maximum absolute atomic E-state index is 11.4. The van der Waals surface area contributed by atoms with Crippen LogP contribution in [0.15, 0.2) is 18.2 Å². The fourth-order valence-corrected chi connectivity index (χ4v) is 3.03. The van der Waals surface area contributed by atoms with E-state index in [1.165, 1.54) is 16.8 Å². The Balaban J connectivity index is 2.22. The molecular weight excluding hydrogens is 250 g/mol. The van der Waals surface area contributed by atoms with E-state index in [1.54, 1.807) is 0 Å². The Bertz CT molecular complexity index is 487. The van der Waals surface area contributed by atoms with E-state index in [4.69, 9.17) is 5.73 Å². The summed E-state index contributed by atoms with van der Waals surface area (Å²) in [5.74, 6) is -0.200. The number of aryl methyl sites for hydroxylation is 1. The Hall–Kier alpha value is -1.55. The zero-order valence-corrected chi connectivity index (χ0v) is 12.6. The highest BCUT2D eigenvalue weighted by atomic mass is 16.1. The normalized spacial score (nSPS) is 22.9. The molecule has 1 aliphatic rings. The van der Waals surface area contributed by atoms with Gasteiger partial charge in [-0.1, -0.05) is 12.1 Å². The van der Waals surface area contributed by atoms with E-state index in [-0.39, 0.29) is 11.8 Å². The summed E-state index contributed by atoms with van der Waals surface area (Å²) in [7, 11) is 1.95. The number of primary amides is 1. The van der Waals surface area contributed by atoms with Crippen LogP contribution in [-0.2, 0) is 11.3 Å². The number of anilines is 1. The number of nitrogens with zero attached hydrogens (tertiary/aromatic N) is 1. The van der Waals surface area contributed by atoms with Crippen molar-refractivity contribution in [2.75, 3.05) is 18.5 Å². The minimum absolute atomic E-state index is 0.0254. The molecule has 0 saturated carbocycles. The molecule has 4 nitrogen and oxygen atoms in total. The van der Waals surface area contributed by atoms with Crippen LogP contribution in [0.4, 0.5) is 5.69 Å². The zero-order chi connectivity index (χ0) is 14.7. The van der Waals surface area contributed by atoms with Crippen LogP contribution >= 0.6 is 0 Å². The van der Waals surface area contributed by atoms with Crippen molar-refractivity contribution >= 4 is 11.6 Å². The SMILES string of the molecule is CNCc1ccc(N2CC(C(N)=O)CCC2C)c(C)c1. The lowest BCUT2D eigenvalue weighted by atomic mass is 9.91. The summed E-state index contributed by atoms with van der Waals surface area (Å²) in [5.41, 5.74) is 9.25. The van der Waals surface area contributed by atoms with Crippen LogP contribution in [0, 0.1) is 12.8 Å². The third kappa shape index (κ3) is 3.12. The summed E-state index contributed by atoms with van der Waals surface area (Å²) in [5, 5.41) is 3.17. The molecular formula is C16H25N3O. The summed E-state index contributed by atoms with van der Waals surface area (Å²) in [6.45, 7) is 5.97. The van der Waals surface area contributed by atoms with Crippen LogP contribution in [0.3, 0.4) is 0 Å². The number of nitrogens with two attached hydrogens (primary N) is 1. The standard InChI is InChI=1S/C16H25N3O/c1-11-8-13(9-18-3)5-7-15(11)19-10-14(16(17)20)6-4-12(19)2/h5,7-8,12,14,18H,4,6,9-10H2,1-3H3,(H2,17,20). The third-order valence-corrected chi connectivity index (χ3v) is 4.24. The molecule has 1 aromatic carbocycles. The molecule has 110 valence electrons. The number of hydrogen-bond donors (Lipinski definition) is 2. The predicted molar refractivity (Wildman–Crippen MR) is 82.7 cm³/mol. The molecule has 0 aromatic heterocycles. The number of carbonyl (C=O) groups excluding carboxylic acids is 1. The lowest BCUT2D eigenvalue weighted by Gasteiger charge is -2.39. The van der Waals surface area contributed by atoms with Gasteiger partial charge in [0.1, 0.15) is 0 Å². The Morgan fingerprint density at radius 3 is 2.80 bits per heavy atom. The van der Waals surface area contributed by atoms with E-state index in [2.05, 4.69) is 42.3 Å². The van der Waals surface area contributed by atoms with Crippen molar-refractivity contribution in [1.82, 2.24) is 5.32 Å².